The third-order valence-electron chi connectivity index (χ3n) is 4.03. The van der Waals surface area contributed by atoms with Gasteiger partial charge in [0.05, 0.1) is 13.0 Å². The summed E-state index contributed by atoms with van der Waals surface area (Å²) in [5.41, 5.74) is 2.75. The van der Waals surface area contributed by atoms with E-state index in [2.05, 4.69) is 17.5 Å². The molecular formula is C11H16N3O15P3. The van der Waals surface area contributed by atoms with E-state index in [1.807, 2.05) is 4.98 Å². The van der Waals surface area contributed by atoms with Crippen molar-refractivity contribution in [1.82, 2.24) is 9.55 Å². The summed E-state index contributed by atoms with van der Waals surface area (Å²) < 4.78 is 57.4. The summed E-state index contributed by atoms with van der Waals surface area (Å²) in [6.45, 7) is -1.00. The number of aliphatic hydroxyl groups is 2. The van der Waals surface area contributed by atoms with Crippen LogP contribution in [0.2, 0.25) is 0 Å². The number of primary amides is 1. The number of aromatic amines is 1. The van der Waals surface area contributed by atoms with E-state index < -0.39 is 78.2 Å². The summed E-state index contributed by atoms with van der Waals surface area (Å²) in [4.78, 5) is 55.2. The second-order valence-electron chi connectivity index (χ2n) is 6.44. The molecule has 1 aromatic heterocycles. The lowest BCUT2D eigenvalue weighted by Crippen LogP contribution is -2.39. The van der Waals surface area contributed by atoms with E-state index in [-0.39, 0.29) is 5.56 Å². The third-order valence-corrected chi connectivity index (χ3v) is 9.39. The molecule has 0 bridgehead atoms. The van der Waals surface area contributed by atoms with Gasteiger partial charge < -0.3 is 30.5 Å². The predicted molar refractivity (Wildman–Crippen MR) is 96.6 cm³/mol. The minimum Gasteiger partial charge on any atom is -0.387 e. The van der Waals surface area contributed by atoms with Gasteiger partial charge in [0.15, 0.2) is 6.23 Å². The number of aromatic nitrogens is 2. The van der Waals surface area contributed by atoms with Gasteiger partial charge in [0.2, 0.25) is 5.91 Å². The molecule has 32 heavy (non-hydrogen) atoms. The fraction of sp³-hybridized carbons (Fsp3) is 0.545. The van der Waals surface area contributed by atoms with E-state index in [1.165, 1.54) is 0 Å². The van der Waals surface area contributed by atoms with Crippen LogP contribution in [0.15, 0.2) is 15.8 Å². The molecule has 180 valence electrons. The smallest absolute Gasteiger partial charge is 0.387 e. The third kappa shape index (κ3) is 5.51. The number of hydrogen-bond donors (Lipinski definition) is 6. The number of carbonyl (C=O) groups excluding carboxylic acids is 1. The summed E-state index contributed by atoms with van der Waals surface area (Å²) in [7, 11) is -15.8. The minimum atomic E-state index is -5.30. The molecule has 18 nitrogen and oxygen atoms in total. The summed E-state index contributed by atoms with van der Waals surface area (Å²) in [6, 6.07) is 0. The van der Waals surface area contributed by atoms with E-state index >= 15 is 0 Å². The van der Waals surface area contributed by atoms with Gasteiger partial charge in [-0.15, -0.1) is 0 Å². The Bertz CT molecular complexity index is 1150. The number of phosphoric acid groups is 3. The summed E-state index contributed by atoms with van der Waals surface area (Å²) in [5.74, 6) is -0.900. The van der Waals surface area contributed by atoms with Crippen molar-refractivity contribution in [3.63, 3.8) is 0 Å². The van der Waals surface area contributed by atoms with Crippen LogP contribution in [-0.4, -0.2) is 60.4 Å². The van der Waals surface area contributed by atoms with Crippen molar-refractivity contribution in [2.75, 3.05) is 6.61 Å². The number of ether oxygens (including phenoxy) is 1. The zero-order valence-electron chi connectivity index (χ0n) is 15.4. The summed E-state index contributed by atoms with van der Waals surface area (Å²) in [5, 5.41) is 20.4. The Morgan fingerprint density at radius 3 is 2.28 bits per heavy atom. The zero-order chi connectivity index (χ0) is 24.1. The monoisotopic (exact) mass is 523 g/mol. The maximum Gasteiger partial charge on any atom is 0.492 e. The van der Waals surface area contributed by atoms with E-state index in [9.17, 15) is 48.1 Å². The van der Waals surface area contributed by atoms with Crippen LogP contribution < -0.4 is 17.0 Å². The largest absolute Gasteiger partial charge is 0.492 e. The molecule has 2 fully saturated rings. The number of nitrogens with zero attached hydrogens (tertiary/aromatic N) is 1. The lowest BCUT2D eigenvalue weighted by Gasteiger charge is -2.27. The van der Waals surface area contributed by atoms with Crippen LogP contribution in [0.4, 0.5) is 0 Å². The highest BCUT2D eigenvalue weighted by Gasteiger charge is 2.55. The Balaban J connectivity index is 1.79. The molecule has 0 spiro atoms. The maximum atomic E-state index is 12.3. The molecule has 7 N–H and O–H groups in total. The topological polar surface area (TPSA) is 276 Å². The molecule has 1 aromatic rings. The lowest BCUT2D eigenvalue weighted by atomic mass is 10.1. The normalized spacial score (nSPS) is 39.8. The van der Waals surface area contributed by atoms with Crippen molar-refractivity contribution in [2.45, 2.75) is 31.0 Å². The second-order valence-corrected chi connectivity index (χ2v) is 11.4. The maximum absolute atomic E-state index is 12.3. The quantitative estimate of drug-likeness (QED) is 0.212. The van der Waals surface area contributed by atoms with Gasteiger partial charge in [0.25, 0.3) is 5.56 Å². The number of rotatable bonds is 6. The number of nitrogens with one attached hydrogen (secondary N) is 1. The minimum absolute atomic E-state index is 0.257. The Labute approximate surface area is 176 Å². The highest BCUT2D eigenvalue weighted by atomic mass is 31.3. The van der Waals surface area contributed by atoms with Crippen LogP contribution in [0.25, 0.3) is 0 Å². The Morgan fingerprint density at radius 2 is 1.72 bits per heavy atom. The van der Waals surface area contributed by atoms with Crippen LogP contribution in [0.1, 0.15) is 11.8 Å². The molecule has 1 amide bonds. The average Bonchev–Trinajstić information content (AvgIpc) is 2.87. The van der Waals surface area contributed by atoms with Gasteiger partial charge in [0.1, 0.15) is 18.3 Å². The highest BCUT2D eigenvalue weighted by molar-refractivity contribution is 7.74. The van der Waals surface area contributed by atoms with Crippen molar-refractivity contribution in [3.05, 3.63) is 32.6 Å². The fourth-order valence-corrected chi connectivity index (χ4v) is 7.70. The molecule has 6 atom stereocenters. The number of nitrogens with two attached hydrogens (primary N) is 1. The summed E-state index contributed by atoms with van der Waals surface area (Å²) >= 11 is 0. The van der Waals surface area contributed by atoms with Gasteiger partial charge in [0, 0.05) is 11.8 Å². The standard InChI is InChI=1S/C11H16N3O15P3/c12-6(15)1-4-2-14(11(19)13-9(4)18)10-8(17)7(16)5(26-10)3-25-32(24)28-30(20,21)27-31(22,23)29-32/h2,5,7-8,10,16-17H,1,3H2,(H2,12,15)(H,20,21)(H,22,23)(H,13,18,19)/t5-,7?,8+,10-/m1/s1. The lowest BCUT2D eigenvalue weighted by molar-refractivity contribution is -0.117. The SMILES string of the molecule is NC(=O)Cc1cn([C@@H]2O[C@H](COP3(=O)OP(=O)(O)OP(=O)(O)O3)C(O)[C@@H]2O)c(=O)[nH]c1=O. The first kappa shape index (κ1) is 25.1. The molecule has 0 radical (unpaired) electrons. The molecule has 0 saturated carbocycles. The van der Waals surface area contributed by atoms with Crippen LogP contribution in [-0.2, 0) is 47.1 Å². The molecule has 2 saturated heterocycles. The molecule has 21 heteroatoms. The zero-order valence-corrected chi connectivity index (χ0v) is 18.1. The molecule has 0 aromatic carbocycles. The summed E-state index contributed by atoms with van der Waals surface area (Å²) in [6.07, 6.45) is -6.60. The van der Waals surface area contributed by atoms with Crippen molar-refractivity contribution in [2.24, 2.45) is 5.73 Å². The van der Waals surface area contributed by atoms with Gasteiger partial charge in [-0.25, -0.2) is 18.5 Å². The van der Waals surface area contributed by atoms with Crippen molar-refractivity contribution >= 4 is 29.4 Å². The molecular weight excluding hydrogens is 507 g/mol. The number of aliphatic hydroxyl groups excluding tert-OH is 2. The predicted octanol–water partition coefficient (Wildman–Crippen LogP) is -2.43. The van der Waals surface area contributed by atoms with Crippen molar-refractivity contribution in [3.8, 4) is 0 Å². The van der Waals surface area contributed by atoms with Crippen LogP contribution in [0.5, 0.6) is 0 Å². The number of H-pyrrole nitrogens is 1. The number of hydrogen-bond acceptors (Lipinski definition) is 13. The van der Waals surface area contributed by atoms with Gasteiger partial charge in [-0.3, -0.25) is 23.7 Å². The second kappa shape index (κ2) is 8.68. The fourth-order valence-electron chi connectivity index (χ4n) is 2.77. The Hall–Kier alpha value is -1.52. The molecule has 2 aliphatic heterocycles. The molecule has 0 aliphatic carbocycles. The Kier molecular flexibility index (Phi) is 6.81. The Morgan fingerprint density at radius 1 is 1.12 bits per heavy atom. The number of carbonyl (C=O) groups is 1. The van der Waals surface area contributed by atoms with Crippen LogP contribution in [0, 0.1) is 0 Å². The first-order chi connectivity index (χ1) is 14.6. The molecule has 3 heterocycles. The van der Waals surface area contributed by atoms with Crippen LogP contribution >= 0.6 is 23.5 Å². The van der Waals surface area contributed by atoms with E-state index in [0.717, 1.165) is 6.20 Å². The average molecular weight is 523 g/mol. The molecule has 2 aliphatic rings. The van der Waals surface area contributed by atoms with Gasteiger partial charge >= 0.3 is 29.2 Å². The van der Waals surface area contributed by atoms with E-state index in [0.29, 0.717) is 4.57 Å². The van der Waals surface area contributed by atoms with E-state index in [4.69, 9.17) is 10.5 Å². The first-order valence-corrected chi connectivity index (χ1v) is 12.7. The van der Waals surface area contributed by atoms with E-state index in [1.54, 1.807) is 0 Å². The first-order valence-electron chi connectivity index (χ1n) is 8.30. The van der Waals surface area contributed by atoms with Crippen molar-refractivity contribution in [1.29, 1.82) is 0 Å². The van der Waals surface area contributed by atoms with Gasteiger partial charge in [-0.05, 0) is 0 Å². The van der Waals surface area contributed by atoms with Gasteiger partial charge in [-0.2, -0.15) is 12.9 Å². The van der Waals surface area contributed by atoms with Gasteiger partial charge in [-0.1, -0.05) is 0 Å². The number of amides is 1. The van der Waals surface area contributed by atoms with Crippen molar-refractivity contribution < 1.29 is 60.7 Å². The molecule has 3 rings (SSSR count). The van der Waals surface area contributed by atoms with Crippen LogP contribution in [0.3, 0.4) is 0 Å². The highest BCUT2D eigenvalue weighted by Crippen LogP contribution is 2.80. The molecule has 3 unspecified atom stereocenters.